The molecule has 1 aromatic carbocycles. The fraction of sp³-hybridized carbons (Fsp3) is 0.684. The molecule has 0 radical (unpaired) electrons. The lowest BCUT2D eigenvalue weighted by Crippen LogP contribution is -2.46. The lowest BCUT2D eigenvalue weighted by molar-refractivity contribution is 0.114. The van der Waals surface area contributed by atoms with E-state index >= 15 is 0 Å². The van der Waals surface area contributed by atoms with E-state index in [1.165, 1.54) is 31.2 Å². The largest absolute Gasteiger partial charge is 0.497 e. The highest BCUT2D eigenvalue weighted by Gasteiger charge is 2.41. The normalized spacial score (nSPS) is 23.4. The SMILES string of the molecule is COc1ccc([C@@H]2CCCC[C@H]2O[Si](C)(C)C(C)(C)C)cc1. The Balaban J connectivity index is 2.17. The van der Waals surface area contributed by atoms with Crippen LogP contribution in [0.2, 0.25) is 18.1 Å². The zero-order valence-corrected chi connectivity index (χ0v) is 16.1. The Morgan fingerprint density at radius 1 is 1.00 bits per heavy atom. The Morgan fingerprint density at radius 2 is 1.59 bits per heavy atom. The van der Waals surface area contributed by atoms with Crippen LogP contribution in [-0.2, 0) is 4.43 Å². The summed E-state index contributed by atoms with van der Waals surface area (Å²) < 4.78 is 12.1. The third-order valence-corrected chi connectivity index (χ3v) is 10.0. The van der Waals surface area contributed by atoms with Gasteiger partial charge >= 0.3 is 0 Å². The Bertz CT molecular complexity index is 473. The molecule has 0 N–H and O–H groups in total. The summed E-state index contributed by atoms with van der Waals surface area (Å²) in [7, 11) is 0.0117. The van der Waals surface area contributed by atoms with E-state index < -0.39 is 8.32 Å². The first-order valence-electron chi connectivity index (χ1n) is 8.56. The van der Waals surface area contributed by atoms with Crippen molar-refractivity contribution in [1.82, 2.24) is 0 Å². The summed E-state index contributed by atoms with van der Waals surface area (Å²) in [6.07, 6.45) is 5.43. The van der Waals surface area contributed by atoms with Gasteiger partial charge in [-0.15, -0.1) is 0 Å². The predicted molar refractivity (Wildman–Crippen MR) is 96.3 cm³/mol. The molecular formula is C19H32O2Si. The van der Waals surface area contributed by atoms with Crippen LogP contribution in [-0.4, -0.2) is 21.5 Å². The predicted octanol–water partition coefficient (Wildman–Crippen LogP) is 5.74. The van der Waals surface area contributed by atoms with Crippen molar-refractivity contribution in [3.63, 3.8) is 0 Å². The third kappa shape index (κ3) is 3.93. The molecule has 2 rings (SSSR count). The van der Waals surface area contributed by atoms with Crippen molar-refractivity contribution in [2.45, 2.75) is 76.6 Å². The van der Waals surface area contributed by atoms with Gasteiger partial charge in [0.2, 0.25) is 0 Å². The van der Waals surface area contributed by atoms with E-state index in [1.54, 1.807) is 7.11 Å². The summed E-state index contributed by atoms with van der Waals surface area (Å²) in [5, 5.41) is 0.273. The first-order valence-corrected chi connectivity index (χ1v) is 11.5. The van der Waals surface area contributed by atoms with Crippen LogP contribution in [0.4, 0.5) is 0 Å². The minimum absolute atomic E-state index is 0.273. The molecule has 0 aromatic heterocycles. The number of benzene rings is 1. The zero-order valence-electron chi connectivity index (χ0n) is 15.1. The van der Waals surface area contributed by atoms with Crippen LogP contribution in [0, 0.1) is 0 Å². The number of ether oxygens (including phenoxy) is 1. The molecule has 0 spiro atoms. The van der Waals surface area contributed by atoms with Crippen molar-refractivity contribution < 1.29 is 9.16 Å². The van der Waals surface area contributed by atoms with Gasteiger partial charge < -0.3 is 9.16 Å². The summed E-state index contributed by atoms with van der Waals surface area (Å²) in [6.45, 7) is 11.7. The van der Waals surface area contributed by atoms with Crippen LogP contribution >= 0.6 is 0 Å². The molecule has 0 heterocycles. The topological polar surface area (TPSA) is 18.5 Å². The first kappa shape index (κ1) is 17.5. The van der Waals surface area contributed by atoms with Crippen molar-refractivity contribution in [3.8, 4) is 5.75 Å². The van der Waals surface area contributed by atoms with Crippen LogP contribution in [0.15, 0.2) is 24.3 Å². The van der Waals surface area contributed by atoms with E-state index in [0.29, 0.717) is 12.0 Å². The molecule has 1 aliphatic rings. The van der Waals surface area contributed by atoms with Crippen LogP contribution in [0.5, 0.6) is 5.75 Å². The van der Waals surface area contributed by atoms with Crippen molar-refractivity contribution in [3.05, 3.63) is 29.8 Å². The molecule has 0 unspecified atom stereocenters. The summed E-state index contributed by atoms with van der Waals surface area (Å²) in [6, 6.07) is 8.59. The Labute approximate surface area is 137 Å². The van der Waals surface area contributed by atoms with Gasteiger partial charge in [0, 0.05) is 5.92 Å². The first-order chi connectivity index (χ1) is 10.2. The number of hydrogen-bond acceptors (Lipinski definition) is 2. The molecule has 0 aliphatic heterocycles. The van der Waals surface area contributed by atoms with Gasteiger partial charge in [-0.05, 0) is 48.7 Å². The molecule has 0 saturated heterocycles. The molecule has 0 bridgehead atoms. The molecule has 124 valence electrons. The van der Waals surface area contributed by atoms with Crippen LogP contribution in [0.25, 0.3) is 0 Å². The lowest BCUT2D eigenvalue weighted by atomic mass is 9.82. The zero-order chi connectivity index (χ0) is 16.4. The van der Waals surface area contributed by atoms with Gasteiger partial charge in [-0.2, -0.15) is 0 Å². The molecular weight excluding hydrogens is 288 g/mol. The van der Waals surface area contributed by atoms with Crippen molar-refractivity contribution >= 4 is 8.32 Å². The van der Waals surface area contributed by atoms with E-state index in [0.717, 1.165) is 5.75 Å². The molecule has 22 heavy (non-hydrogen) atoms. The van der Waals surface area contributed by atoms with Gasteiger partial charge in [-0.25, -0.2) is 0 Å². The van der Waals surface area contributed by atoms with Crippen LogP contribution in [0.1, 0.15) is 57.9 Å². The quantitative estimate of drug-likeness (QED) is 0.658. The maximum absolute atomic E-state index is 6.77. The highest BCUT2D eigenvalue weighted by molar-refractivity contribution is 6.74. The fourth-order valence-corrected chi connectivity index (χ4v) is 4.42. The van der Waals surface area contributed by atoms with Crippen molar-refractivity contribution in [2.75, 3.05) is 7.11 Å². The molecule has 1 aromatic rings. The highest BCUT2D eigenvalue weighted by Crippen LogP contribution is 2.42. The molecule has 2 atom stereocenters. The maximum atomic E-state index is 6.77. The molecule has 1 aliphatic carbocycles. The van der Waals surface area contributed by atoms with E-state index in [9.17, 15) is 0 Å². The second-order valence-corrected chi connectivity index (χ2v) is 12.8. The van der Waals surface area contributed by atoms with Crippen LogP contribution < -0.4 is 4.74 Å². The fourth-order valence-electron chi connectivity index (χ4n) is 3.03. The summed E-state index contributed by atoms with van der Waals surface area (Å²) in [5.41, 5.74) is 1.41. The minimum atomic E-state index is -1.71. The molecule has 0 amide bonds. The van der Waals surface area contributed by atoms with Gasteiger partial charge in [-0.3, -0.25) is 0 Å². The summed E-state index contributed by atoms with van der Waals surface area (Å²) in [4.78, 5) is 0. The van der Waals surface area contributed by atoms with E-state index in [1.807, 2.05) is 0 Å². The highest BCUT2D eigenvalue weighted by atomic mass is 28.4. The smallest absolute Gasteiger partial charge is 0.192 e. The van der Waals surface area contributed by atoms with Gasteiger partial charge in [0.25, 0.3) is 0 Å². The Hall–Kier alpha value is -0.803. The van der Waals surface area contributed by atoms with Gasteiger partial charge in [0.05, 0.1) is 13.2 Å². The summed E-state index contributed by atoms with van der Waals surface area (Å²) in [5.74, 6) is 1.47. The average Bonchev–Trinajstić information content (AvgIpc) is 2.46. The minimum Gasteiger partial charge on any atom is -0.497 e. The lowest BCUT2D eigenvalue weighted by Gasteiger charge is -2.43. The van der Waals surface area contributed by atoms with E-state index in [4.69, 9.17) is 9.16 Å². The third-order valence-electron chi connectivity index (χ3n) is 5.50. The van der Waals surface area contributed by atoms with E-state index in [-0.39, 0.29) is 5.04 Å². The van der Waals surface area contributed by atoms with Crippen LogP contribution in [0.3, 0.4) is 0 Å². The van der Waals surface area contributed by atoms with Gasteiger partial charge in [0.1, 0.15) is 5.75 Å². The number of hydrogen-bond donors (Lipinski definition) is 0. The Kier molecular flexibility index (Phi) is 5.39. The maximum Gasteiger partial charge on any atom is 0.192 e. The van der Waals surface area contributed by atoms with Gasteiger partial charge in [0.15, 0.2) is 8.32 Å². The molecule has 1 fully saturated rings. The van der Waals surface area contributed by atoms with Gasteiger partial charge in [-0.1, -0.05) is 45.7 Å². The standard InChI is InChI=1S/C19H32O2Si/c1-19(2,3)22(5,6)21-18-10-8-7-9-17(18)15-11-13-16(20-4)14-12-15/h11-14,17-18H,7-10H2,1-6H3/t17-,18+/m0/s1. The second-order valence-electron chi connectivity index (χ2n) is 8.08. The average molecular weight is 321 g/mol. The number of rotatable bonds is 4. The van der Waals surface area contributed by atoms with E-state index in [2.05, 4.69) is 58.1 Å². The number of methoxy groups -OCH3 is 1. The second kappa shape index (κ2) is 6.75. The molecule has 3 heteroatoms. The monoisotopic (exact) mass is 320 g/mol. The summed E-state index contributed by atoms with van der Waals surface area (Å²) >= 11 is 0. The molecule has 1 saturated carbocycles. The van der Waals surface area contributed by atoms with Crippen molar-refractivity contribution in [2.24, 2.45) is 0 Å². The Morgan fingerprint density at radius 3 is 2.14 bits per heavy atom. The molecule has 2 nitrogen and oxygen atoms in total. The van der Waals surface area contributed by atoms with Crippen molar-refractivity contribution in [1.29, 1.82) is 0 Å².